The van der Waals surface area contributed by atoms with E-state index in [0.29, 0.717) is 11.6 Å². The Morgan fingerprint density at radius 1 is 1.28 bits per heavy atom. The van der Waals surface area contributed by atoms with Gasteiger partial charge in [-0.2, -0.15) is 0 Å². The Morgan fingerprint density at radius 3 is 2.83 bits per heavy atom. The molecule has 0 radical (unpaired) electrons. The Balaban J connectivity index is 1.87. The summed E-state index contributed by atoms with van der Waals surface area (Å²) in [6, 6.07) is 11.4. The van der Waals surface area contributed by atoms with Crippen molar-refractivity contribution in [3.63, 3.8) is 0 Å². The van der Waals surface area contributed by atoms with E-state index in [0.717, 1.165) is 10.4 Å². The molecule has 1 N–H and O–H groups in total. The molecule has 1 heterocycles. The van der Waals surface area contributed by atoms with Gasteiger partial charge < -0.3 is 5.32 Å². The van der Waals surface area contributed by atoms with E-state index in [1.165, 1.54) is 6.08 Å². The van der Waals surface area contributed by atoms with E-state index in [9.17, 15) is 4.79 Å². The molecule has 1 aromatic carbocycles. The van der Waals surface area contributed by atoms with Gasteiger partial charge in [0.1, 0.15) is 0 Å². The van der Waals surface area contributed by atoms with Crippen LogP contribution in [0, 0.1) is 0 Å². The van der Waals surface area contributed by atoms with Crippen molar-refractivity contribution in [2.45, 2.75) is 6.54 Å². The maximum atomic E-state index is 11.6. The minimum absolute atomic E-state index is 0.122. The molecule has 0 aliphatic rings. The van der Waals surface area contributed by atoms with E-state index in [2.05, 4.69) is 5.32 Å². The summed E-state index contributed by atoms with van der Waals surface area (Å²) < 4.78 is 0. The van der Waals surface area contributed by atoms with Gasteiger partial charge in [0.2, 0.25) is 5.91 Å². The van der Waals surface area contributed by atoms with Crippen LogP contribution in [0.3, 0.4) is 0 Å². The summed E-state index contributed by atoms with van der Waals surface area (Å²) in [5.74, 6) is -0.122. The van der Waals surface area contributed by atoms with Gasteiger partial charge in [-0.05, 0) is 29.2 Å². The van der Waals surface area contributed by atoms with Gasteiger partial charge in [-0.25, -0.2) is 0 Å². The number of halogens is 1. The first-order valence-corrected chi connectivity index (χ1v) is 6.74. The second kappa shape index (κ2) is 6.38. The highest BCUT2D eigenvalue weighted by Crippen LogP contribution is 2.14. The highest BCUT2D eigenvalue weighted by Gasteiger charge is 2.00. The van der Waals surface area contributed by atoms with Gasteiger partial charge >= 0.3 is 0 Å². The van der Waals surface area contributed by atoms with Crippen LogP contribution < -0.4 is 5.32 Å². The number of nitrogens with one attached hydrogen (secondary N) is 1. The number of carbonyl (C=O) groups excluding carboxylic acids is 1. The molecule has 18 heavy (non-hydrogen) atoms. The Labute approximate surface area is 115 Å². The van der Waals surface area contributed by atoms with E-state index < -0.39 is 0 Å². The second-order valence-electron chi connectivity index (χ2n) is 3.66. The minimum Gasteiger partial charge on any atom is -0.348 e. The molecule has 0 spiro atoms. The first kappa shape index (κ1) is 12.9. The third-order valence-electron chi connectivity index (χ3n) is 2.35. The maximum absolute atomic E-state index is 11.6. The van der Waals surface area contributed by atoms with Crippen LogP contribution >= 0.6 is 22.9 Å². The van der Waals surface area contributed by atoms with E-state index >= 15 is 0 Å². The lowest BCUT2D eigenvalue weighted by molar-refractivity contribution is -0.116. The zero-order valence-electron chi connectivity index (χ0n) is 9.60. The number of benzene rings is 1. The van der Waals surface area contributed by atoms with Gasteiger partial charge in [-0.3, -0.25) is 4.79 Å². The van der Waals surface area contributed by atoms with E-state index in [1.54, 1.807) is 17.4 Å². The molecule has 0 bridgehead atoms. The van der Waals surface area contributed by atoms with Gasteiger partial charge in [0, 0.05) is 22.5 Å². The van der Waals surface area contributed by atoms with Crippen LogP contribution in [0.15, 0.2) is 47.9 Å². The van der Waals surface area contributed by atoms with Crippen molar-refractivity contribution >= 4 is 34.9 Å². The minimum atomic E-state index is -0.122. The van der Waals surface area contributed by atoms with Gasteiger partial charge in [-0.1, -0.05) is 35.9 Å². The highest BCUT2D eigenvalue weighted by atomic mass is 35.5. The van der Waals surface area contributed by atoms with Crippen molar-refractivity contribution in [1.29, 1.82) is 0 Å². The quantitative estimate of drug-likeness (QED) is 0.848. The second-order valence-corrected chi connectivity index (χ2v) is 5.04. The average molecular weight is 278 g/mol. The van der Waals surface area contributed by atoms with Crippen molar-refractivity contribution in [3.05, 3.63) is 63.3 Å². The van der Waals surface area contributed by atoms with Crippen LogP contribution in [0.5, 0.6) is 0 Å². The molecule has 2 nitrogen and oxygen atoms in total. The summed E-state index contributed by atoms with van der Waals surface area (Å²) in [7, 11) is 0. The SMILES string of the molecule is O=C(/C=C/c1cccs1)NCc1ccccc1Cl. The standard InChI is InChI=1S/C14H12ClNOS/c15-13-6-2-1-4-11(13)10-16-14(17)8-7-12-5-3-9-18-12/h1-9H,10H2,(H,16,17)/b8-7+. The monoisotopic (exact) mass is 277 g/mol. The Morgan fingerprint density at radius 2 is 2.11 bits per heavy atom. The van der Waals surface area contributed by atoms with E-state index in [-0.39, 0.29) is 5.91 Å². The van der Waals surface area contributed by atoms with Crippen LogP contribution in [-0.2, 0) is 11.3 Å². The molecule has 0 aliphatic carbocycles. The average Bonchev–Trinajstić information content (AvgIpc) is 2.88. The molecule has 1 aromatic heterocycles. The molecular weight excluding hydrogens is 266 g/mol. The Bertz CT molecular complexity index is 549. The summed E-state index contributed by atoms with van der Waals surface area (Å²) in [5.41, 5.74) is 0.914. The summed E-state index contributed by atoms with van der Waals surface area (Å²) in [5, 5.41) is 5.44. The van der Waals surface area contributed by atoms with E-state index in [4.69, 9.17) is 11.6 Å². The van der Waals surface area contributed by atoms with Crippen LogP contribution in [0.4, 0.5) is 0 Å². The Hall–Kier alpha value is -1.58. The van der Waals surface area contributed by atoms with Crippen molar-refractivity contribution in [2.75, 3.05) is 0 Å². The van der Waals surface area contributed by atoms with Crippen LogP contribution in [0.25, 0.3) is 6.08 Å². The molecule has 2 aromatic rings. The summed E-state index contributed by atoms with van der Waals surface area (Å²) in [4.78, 5) is 12.6. The summed E-state index contributed by atoms with van der Waals surface area (Å²) >= 11 is 7.59. The zero-order valence-corrected chi connectivity index (χ0v) is 11.2. The fraction of sp³-hybridized carbons (Fsp3) is 0.0714. The number of carbonyl (C=O) groups is 1. The number of rotatable bonds is 4. The van der Waals surface area contributed by atoms with Gasteiger partial charge in [-0.15, -0.1) is 11.3 Å². The predicted molar refractivity (Wildman–Crippen MR) is 76.7 cm³/mol. The third-order valence-corrected chi connectivity index (χ3v) is 3.56. The predicted octanol–water partition coefficient (Wildman–Crippen LogP) is 3.73. The summed E-state index contributed by atoms with van der Waals surface area (Å²) in [6.07, 6.45) is 3.33. The number of hydrogen-bond donors (Lipinski definition) is 1. The lowest BCUT2D eigenvalue weighted by atomic mass is 10.2. The molecule has 0 unspecified atom stereocenters. The number of hydrogen-bond acceptors (Lipinski definition) is 2. The zero-order chi connectivity index (χ0) is 12.8. The topological polar surface area (TPSA) is 29.1 Å². The fourth-order valence-corrected chi connectivity index (χ4v) is 2.25. The summed E-state index contributed by atoms with van der Waals surface area (Å²) in [6.45, 7) is 0.438. The lowest BCUT2D eigenvalue weighted by Gasteiger charge is -2.04. The third kappa shape index (κ3) is 3.72. The molecule has 92 valence electrons. The molecule has 1 amide bonds. The smallest absolute Gasteiger partial charge is 0.244 e. The molecule has 0 aliphatic heterocycles. The lowest BCUT2D eigenvalue weighted by Crippen LogP contribution is -2.20. The molecule has 0 atom stereocenters. The Kier molecular flexibility index (Phi) is 4.56. The normalized spacial score (nSPS) is 10.7. The molecular formula is C14H12ClNOS. The largest absolute Gasteiger partial charge is 0.348 e. The van der Waals surface area contributed by atoms with Crippen LogP contribution in [0.2, 0.25) is 5.02 Å². The molecule has 0 saturated carbocycles. The first-order chi connectivity index (χ1) is 8.75. The number of thiophene rings is 1. The van der Waals surface area contributed by atoms with Gasteiger partial charge in [0.05, 0.1) is 0 Å². The molecule has 2 rings (SSSR count). The van der Waals surface area contributed by atoms with Gasteiger partial charge in [0.25, 0.3) is 0 Å². The number of amides is 1. The van der Waals surface area contributed by atoms with E-state index in [1.807, 2.05) is 41.8 Å². The fourth-order valence-electron chi connectivity index (χ4n) is 1.43. The van der Waals surface area contributed by atoms with Crippen LogP contribution in [-0.4, -0.2) is 5.91 Å². The van der Waals surface area contributed by atoms with Crippen molar-refractivity contribution in [1.82, 2.24) is 5.32 Å². The van der Waals surface area contributed by atoms with Crippen LogP contribution in [0.1, 0.15) is 10.4 Å². The van der Waals surface area contributed by atoms with Crippen molar-refractivity contribution in [2.24, 2.45) is 0 Å². The van der Waals surface area contributed by atoms with Crippen molar-refractivity contribution in [3.8, 4) is 0 Å². The highest BCUT2D eigenvalue weighted by molar-refractivity contribution is 7.10. The van der Waals surface area contributed by atoms with Crippen molar-refractivity contribution < 1.29 is 4.79 Å². The van der Waals surface area contributed by atoms with Gasteiger partial charge in [0.15, 0.2) is 0 Å². The maximum Gasteiger partial charge on any atom is 0.244 e. The first-order valence-electron chi connectivity index (χ1n) is 5.48. The molecule has 0 fully saturated rings. The molecule has 0 saturated heterocycles. The molecule has 4 heteroatoms.